The average Bonchev–Trinajstić information content (AvgIpc) is 2.02. The molecule has 0 rings (SSSR count). The summed E-state index contributed by atoms with van der Waals surface area (Å²) in [6.45, 7) is 8.91. The molecular weight excluding hydrogens is 176 g/mol. The van der Waals surface area contributed by atoms with E-state index in [4.69, 9.17) is 0 Å². The average molecular weight is 200 g/mol. The van der Waals surface area contributed by atoms with Gasteiger partial charge in [-0.25, -0.2) is 0 Å². The van der Waals surface area contributed by atoms with E-state index in [1.54, 1.807) is 0 Å². The van der Waals surface area contributed by atoms with Crippen molar-refractivity contribution < 1.29 is 4.79 Å². The number of nitrogens with one attached hydrogen (secondary N) is 1. The molecule has 3 heteroatoms. The summed E-state index contributed by atoms with van der Waals surface area (Å²) in [6.07, 6.45) is 0. The maximum Gasteiger partial charge on any atom is 0.222 e. The van der Waals surface area contributed by atoms with Gasteiger partial charge in [0.2, 0.25) is 5.91 Å². The Bertz CT molecular complexity index is 168. The Morgan fingerprint density at radius 3 is 2.00 bits per heavy atom. The van der Waals surface area contributed by atoms with Crippen LogP contribution in [0.2, 0.25) is 0 Å². The van der Waals surface area contributed by atoms with Gasteiger partial charge in [0.05, 0.1) is 0 Å². The number of carbonyl (C=O) groups excluding carboxylic acids is 1. The lowest BCUT2D eigenvalue weighted by molar-refractivity contribution is -0.124. The highest BCUT2D eigenvalue weighted by Crippen LogP contribution is 2.06. The van der Waals surface area contributed by atoms with Crippen LogP contribution >= 0.6 is 0 Å². The molecule has 1 N–H and O–H groups in total. The number of hydrogen-bond acceptors (Lipinski definition) is 2. The minimum absolute atomic E-state index is 0.0741. The fraction of sp³-hybridized carbons (Fsp3) is 0.909. The van der Waals surface area contributed by atoms with Crippen LogP contribution < -0.4 is 5.32 Å². The van der Waals surface area contributed by atoms with E-state index in [9.17, 15) is 4.79 Å². The first kappa shape index (κ1) is 13.4. The Balaban J connectivity index is 4.01. The highest BCUT2D eigenvalue weighted by molar-refractivity contribution is 5.77. The molecule has 0 spiro atoms. The summed E-state index contributed by atoms with van der Waals surface area (Å²) < 4.78 is 0. The molecule has 1 unspecified atom stereocenters. The lowest BCUT2D eigenvalue weighted by Gasteiger charge is -2.28. The number of likely N-dealkylation sites (N-methyl/N-ethyl adjacent to an activating group) is 1. The fourth-order valence-corrected chi connectivity index (χ4v) is 1.42. The van der Waals surface area contributed by atoms with Gasteiger partial charge in [-0.15, -0.1) is 0 Å². The van der Waals surface area contributed by atoms with Crippen LogP contribution in [-0.2, 0) is 4.79 Å². The van der Waals surface area contributed by atoms with E-state index in [2.05, 4.69) is 24.1 Å². The molecule has 0 heterocycles. The Morgan fingerprint density at radius 2 is 1.71 bits per heavy atom. The van der Waals surface area contributed by atoms with Crippen molar-refractivity contribution in [1.29, 1.82) is 0 Å². The van der Waals surface area contributed by atoms with Crippen molar-refractivity contribution >= 4 is 5.91 Å². The summed E-state index contributed by atoms with van der Waals surface area (Å²) in [4.78, 5) is 13.5. The zero-order chi connectivity index (χ0) is 11.3. The standard InChI is InChI=1S/C11H24N2O/c1-8(2)10(13(5)6)7-12-11(14)9(3)4/h8-10H,7H2,1-6H3,(H,12,14). The van der Waals surface area contributed by atoms with Crippen molar-refractivity contribution in [1.82, 2.24) is 10.2 Å². The minimum Gasteiger partial charge on any atom is -0.354 e. The van der Waals surface area contributed by atoms with E-state index in [1.807, 2.05) is 27.9 Å². The molecule has 0 bridgehead atoms. The Kier molecular flexibility index (Phi) is 5.77. The molecule has 0 saturated carbocycles. The Labute approximate surface area is 87.9 Å². The van der Waals surface area contributed by atoms with Crippen molar-refractivity contribution in [2.75, 3.05) is 20.6 Å². The SMILES string of the molecule is CC(C)C(=O)NCC(C(C)C)N(C)C. The molecule has 14 heavy (non-hydrogen) atoms. The van der Waals surface area contributed by atoms with Crippen LogP contribution in [0.5, 0.6) is 0 Å². The zero-order valence-corrected chi connectivity index (χ0v) is 10.3. The summed E-state index contributed by atoms with van der Waals surface area (Å²) in [6, 6.07) is 0.415. The van der Waals surface area contributed by atoms with Crippen LogP contribution in [0.3, 0.4) is 0 Å². The van der Waals surface area contributed by atoms with E-state index in [0.717, 1.165) is 6.54 Å². The lowest BCUT2D eigenvalue weighted by Crippen LogP contribution is -2.44. The molecule has 84 valence electrons. The third-order valence-corrected chi connectivity index (χ3v) is 2.44. The van der Waals surface area contributed by atoms with Gasteiger partial charge in [-0.05, 0) is 20.0 Å². The zero-order valence-electron chi connectivity index (χ0n) is 10.3. The molecule has 0 saturated heterocycles. The molecule has 1 amide bonds. The monoisotopic (exact) mass is 200 g/mol. The molecule has 0 aromatic rings. The number of rotatable bonds is 5. The summed E-state index contributed by atoms with van der Waals surface area (Å²) in [5.41, 5.74) is 0. The van der Waals surface area contributed by atoms with Crippen LogP contribution in [0, 0.1) is 11.8 Å². The summed E-state index contributed by atoms with van der Waals surface area (Å²) >= 11 is 0. The molecule has 0 aromatic heterocycles. The second-order valence-corrected chi connectivity index (χ2v) is 4.67. The largest absolute Gasteiger partial charge is 0.354 e. The first-order valence-corrected chi connectivity index (χ1v) is 5.30. The van der Waals surface area contributed by atoms with Crippen molar-refractivity contribution in [3.8, 4) is 0 Å². The van der Waals surface area contributed by atoms with Gasteiger partial charge in [0.1, 0.15) is 0 Å². The number of hydrogen-bond donors (Lipinski definition) is 1. The highest BCUT2D eigenvalue weighted by atomic mass is 16.1. The van der Waals surface area contributed by atoms with Gasteiger partial charge in [-0.3, -0.25) is 4.79 Å². The summed E-state index contributed by atoms with van der Waals surface area (Å²) in [5.74, 6) is 0.764. The van der Waals surface area contributed by atoms with Crippen LogP contribution in [0.25, 0.3) is 0 Å². The molecule has 0 aromatic carbocycles. The van der Waals surface area contributed by atoms with Gasteiger partial charge < -0.3 is 10.2 Å². The number of carbonyl (C=O) groups is 1. The Morgan fingerprint density at radius 1 is 1.21 bits per heavy atom. The Hall–Kier alpha value is -0.570. The van der Waals surface area contributed by atoms with Crippen molar-refractivity contribution in [2.24, 2.45) is 11.8 Å². The third kappa shape index (κ3) is 4.61. The second kappa shape index (κ2) is 6.02. The molecule has 0 radical (unpaired) electrons. The normalized spacial score (nSPS) is 13.8. The molecular formula is C11H24N2O. The van der Waals surface area contributed by atoms with Crippen molar-refractivity contribution in [3.05, 3.63) is 0 Å². The predicted octanol–water partition coefficient (Wildman–Crippen LogP) is 1.34. The van der Waals surface area contributed by atoms with Crippen LogP contribution in [0.15, 0.2) is 0 Å². The molecule has 3 nitrogen and oxygen atoms in total. The molecule has 0 fully saturated rings. The lowest BCUT2D eigenvalue weighted by atomic mass is 10.0. The molecule has 1 atom stereocenters. The van der Waals surface area contributed by atoms with Crippen LogP contribution in [0.1, 0.15) is 27.7 Å². The molecule has 0 aliphatic heterocycles. The molecule has 0 aliphatic rings. The van der Waals surface area contributed by atoms with Gasteiger partial charge in [-0.2, -0.15) is 0 Å². The second-order valence-electron chi connectivity index (χ2n) is 4.67. The molecule has 0 aliphatic carbocycles. The maximum atomic E-state index is 11.4. The van der Waals surface area contributed by atoms with Crippen LogP contribution in [0.4, 0.5) is 0 Å². The van der Waals surface area contributed by atoms with Gasteiger partial charge in [-0.1, -0.05) is 27.7 Å². The van der Waals surface area contributed by atoms with Gasteiger partial charge in [0.25, 0.3) is 0 Å². The summed E-state index contributed by atoms with van der Waals surface area (Å²) in [7, 11) is 4.10. The first-order valence-electron chi connectivity index (χ1n) is 5.30. The number of nitrogens with zero attached hydrogens (tertiary/aromatic N) is 1. The third-order valence-electron chi connectivity index (χ3n) is 2.44. The highest BCUT2D eigenvalue weighted by Gasteiger charge is 2.17. The van der Waals surface area contributed by atoms with Gasteiger partial charge in [0, 0.05) is 18.5 Å². The van der Waals surface area contributed by atoms with E-state index in [0.29, 0.717) is 12.0 Å². The van der Waals surface area contributed by atoms with E-state index in [-0.39, 0.29) is 11.8 Å². The van der Waals surface area contributed by atoms with Gasteiger partial charge in [0.15, 0.2) is 0 Å². The smallest absolute Gasteiger partial charge is 0.222 e. The van der Waals surface area contributed by atoms with E-state index < -0.39 is 0 Å². The van der Waals surface area contributed by atoms with Crippen molar-refractivity contribution in [3.63, 3.8) is 0 Å². The number of amides is 1. The summed E-state index contributed by atoms with van der Waals surface area (Å²) in [5, 5.41) is 2.96. The van der Waals surface area contributed by atoms with Crippen molar-refractivity contribution in [2.45, 2.75) is 33.7 Å². The predicted molar refractivity (Wildman–Crippen MR) is 60.2 cm³/mol. The minimum atomic E-state index is 0.0741. The maximum absolute atomic E-state index is 11.4. The van der Waals surface area contributed by atoms with Gasteiger partial charge >= 0.3 is 0 Å². The first-order chi connectivity index (χ1) is 6.36. The topological polar surface area (TPSA) is 32.3 Å². The van der Waals surface area contributed by atoms with E-state index >= 15 is 0 Å². The van der Waals surface area contributed by atoms with Crippen LogP contribution in [-0.4, -0.2) is 37.5 Å². The fourth-order valence-electron chi connectivity index (χ4n) is 1.42. The van der Waals surface area contributed by atoms with E-state index in [1.165, 1.54) is 0 Å². The quantitative estimate of drug-likeness (QED) is 0.726.